The van der Waals surface area contributed by atoms with Crippen molar-refractivity contribution in [3.05, 3.63) is 47.5 Å². The molecule has 2 aliphatic rings. The topological polar surface area (TPSA) is 93.7 Å². The van der Waals surface area contributed by atoms with Gasteiger partial charge in [0.1, 0.15) is 19.3 Å². The first-order chi connectivity index (χ1) is 14.3. The zero-order valence-corrected chi connectivity index (χ0v) is 17.9. The standard InChI is InChI=1S/C22H26N2O5S/c1-14(2)21(22(25)23-17-7-6-15-4-3-5-16(15)12-17)24-30(26,27)18-8-9-19-20(13-18)29-11-10-28-19/h6-9,12-14,21,24H,3-5,10-11H2,1-2H3,(H,23,25). The number of fused-ring (bicyclic) bond motifs is 2. The summed E-state index contributed by atoms with van der Waals surface area (Å²) in [4.78, 5) is 12.9. The normalized spacial score (nSPS) is 16.2. The summed E-state index contributed by atoms with van der Waals surface area (Å²) in [7, 11) is -3.93. The number of ether oxygens (including phenoxy) is 2. The van der Waals surface area contributed by atoms with Gasteiger partial charge in [-0.05, 0) is 60.6 Å². The van der Waals surface area contributed by atoms with Gasteiger partial charge in [-0.15, -0.1) is 0 Å². The first-order valence-electron chi connectivity index (χ1n) is 10.2. The lowest BCUT2D eigenvalue weighted by Crippen LogP contribution is -2.47. The summed E-state index contributed by atoms with van der Waals surface area (Å²) in [5, 5.41) is 2.87. The SMILES string of the molecule is CC(C)C(NS(=O)(=O)c1ccc2c(c1)OCCO2)C(=O)Nc1ccc2c(c1)CCC2. The summed E-state index contributed by atoms with van der Waals surface area (Å²) >= 11 is 0. The van der Waals surface area contributed by atoms with Crippen molar-refractivity contribution in [3.8, 4) is 11.5 Å². The largest absolute Gasteiger partial charge is 0.486 e. The molecule has 1 aliphatic carbocycles. The van der Waals surface area contributed by atoms with Gasteiger partial charge >= 0.3 is 0 Å². The zero-order chi connectivity index (χ0) is 21.3. The molecule has 1 amide bonds. The van der Waals surface area contributed by atoms with E-state index in [0.717, 1.165) is 19.3 Å². The van der Waals surface area contributed by atoms with Crippen LogP contribution in [0, 0.1) is 5.92 Å². The maximum atomic E-state index is 13.0. The van der Waals surface area contributed by atoms with Crippen molar-refractivity contribution in [1.82, 2.24) is 4.72 Å². The molecule has 7 nitrogen and oxygen atoms in total. The van der Waals surface area contributed by atoms with Crippen LogP contribution in [0.3, 0.4) is 0 Å². The van der Waals surface area contributed by atoms with Crippen molar-refractivity contribution in [1.29, 1.82) is 0 Å². The Morgan fingerprint density at radius 2 is 1.70 bits per heavy atom. The fraction of sp³-hybridized carbons (Fsp3) is 0.409. The average molecular weight is 431 g/mol. The molecule has 0 saturated carbocycles. The molecule has 1 unspecified atom stereocenters. The molecule has 0 radical (unpaired) electrons. The number of carbonyl (C=O) groups excluding carboxylic acids is 1. The fourth-order valence-electron chi connectivity index (χ4n) is 3.79. The number of sulfonamides is 1. The van der Waals surface area contributed by atoms with E-state index >= 15 is 0 Å². The minimum Gasteiger partial charge on any atom is -0.486 e. The van der Waals surface area contributed by atoms with Gasteiger partial charge in [0.2, 0.25) is 15.9 Å². The van der Waals surface area contributed by atoms with Gasteiger partial charge < -0.3 is 14.8 Å². The second-order valence-electron chi connectivity index (χ2n) is 7.97. The molecule has 0 saturated heterocycles. The number of rotatable bonds is 6. The third-order valence-electron chi connectivity index (χ3n) is 5.42. The predicted octanol–water partition coefficient (Wildman–Crippen LogP) is 2.89. The van der Waals surface area contributed by atoms with Gasteiger partial charge in [-0.1, -0.05) is 19.9 Å². The first-order valence-corrected chi connectivity index (χ1v) is 11.7. The van der Waals surface area contributed by atoms with Crippen molar-refractivity contribution in [2.75, 3.05) is 18.5 Å². The van der Waals surface area contributed by atoms with Crippen LogP contribution in [-0.2, 0) is 27.7 Å². The molecule has 0 fully saturated rings. The predicted molar refractivity (Wildman–Crippen MR) is 113 cm³/mol. The fourth-order valence-corrected chi connectivity index (χ4v) is 5.15. The van der Waals surface area contributed by atoms with E-state index in [1.807, 2.05) is 18.2 Å². The minimum atomic E-state index is -3.93. The molecule has 8 heteroatoms. The molecule has 160 valence electrons. The highest BCUT2D eigenvalue weighted by Gasteiger charge is 2.29. The van der Waals surface area contributed by atoms with Crippen LogP contribution in [-0.4, -0.2) is 33.6 Å². The van der Waals surface area contributed by atoms with Crippen LogP contribution in [0.15, 0.2) is 41.3 Å². The maximum absolute atomic E-state index is 13.0. The van der Waals surface area contributed by atoms with Gasteiger partial charge in [-0.3, -0.25) is 4.79 Å². The van der Waals surface area contributed by atoms with Crippen LogP contribution in [0.25, 0.3) is 0 Å². The summed E-state index contributed by atoms with van der Waals surface area (Å²) in [6.45, 7) is 4.40. The van der Waals surface area contributed by atoms with Crippen LogP contribution in [0.1, 0.15) is 31.4 Å². The molecule has 0 aromatic heterocycles. The van der Waals surface area contributed by atoms with Crippen molar-refractivity contribution >= 4 is 21.6 Å². The van der Waals surface area contributed by atoms with Gasteiger partial charge in [0.05, 0.1) is 4.90 Å². The summed E-state index contributed by atoms with van der Waals surface area (Å²) in [5.41, 5.74) is 3.24. The molecule has 30 heavy (non-hydrogen) atoms. The smallest absolute Gasteiger partial charge is 0.242 e. The highest BCUT2D eigenvalue weighted by molar-refractivity contribution is 7.89. The summed E-state index contributed by atoms with van der Waals surface area (Å²) in [6, 6.07) is 9.40. The average Bonchev–Trinajstić information content (AvgIpc) is 3.19. The Kier molecular flexibility index (Phi) is 5.71. The van der Waals surface area contributed by atoms with Crippen molar-refractivity contribution in [3.63, 3.8) is 0 Å². The van der Waals surface area contributed by atoms with Gasteiger partial charge in [0.15, 0.2) is 11.5 Å². The van der Waals surface area contributed by atoms with Crippen LogP contribution in [0.4, 0.5) is 5.69 Å². The molecule has 2 aromatic carbocycles. The van der Waals surface area contributed by atoms with Gasteiger partial charge in [0, 0.05) is 11.8 Å². The highest BCUT2D eigenvalue weighted by Crippen LogP contribution is 2.32. The maximum Gasteiger partial charge on any atom is 0.242 e. The first kappa shape index (κ1) is 20.7. The van der Waals surface area contributed by atoms with Crippen LogP contribution < -0.4 is 19.5 Å². The van der Waals surface area contributed by atoms with Crippen LogP contribution >= 0.6 is 0 Å². The van der Waals surface area contributed by atoms with Crippen molar-refractivity contribution in [2.45, 2.75) is 44.0 Å². The molecular formula is C22H26N2O5S. The lowest BCUT2D eigenvalue weighted by molar-refractivity contribution is -0.118. The lowest BCUT2D eigenvalue weighted by atomic mass is 10.0. The van der Waals surface area contributed by atoms with E-state index in [0.29, 0.717) is 30.4 Å². The summed E-state index contributed by atoms with van der Waals surface area (Å²) in [6.07, 6.45) is 3.19. The zero-order valence-electron chi connectivity index (χ0n) is 17.1. The number of amides is 1. The Labute approximate surface area is 176 Å². The minimum absolute atomic E-state index is 0.0303. The molecule has 0 bridgehead atoms. The molecule has 1 atom stereocenters. The third kappa shape index (κ3) is 4.29. The molecule has 4 rings (SSSR count). The van der Waals surface area contributed by atoms with E-state index in [1.54, 1.807) is 19.9 Å². The van der Waals surface area contributed by atoms with E-state index in [4.69, 9.17) is 9.47 Å². The second-order valence-corrected chi connectivity index (χ2v) is 9.69. The number of nitrogens with one attached hydrogen (secondary N) is 2. The Morgan fingerprint density at radius 3 is 2.47 bits per heavy atom. The van der Waals surface area contributed by atoms with E-state index < -0.39 is 16.1 Å². The molecular weight excluding hydrogens is 404 g/mol. The van der Waals surface area contributed by atoms with E-state index in [2.05, 4.69) is 10.0 Å². The Bertz CT molecular complexity index is 1070. The highest BCUT2D eigenvalue weighted by atomic mass is 32.2. The molecule has 2 N–H and O–H groups in total. The number of anilines is 1. The number of benzene rings is 2. The molecule has 0 spiro atoms. The van der Waals surface area contributed by atoms with Crippen molar-refractivity contribution in [2.24, 2.45) is 5.92 Å². The van der Waals surface area contributed by atoms with Crippen LogP contribution in [0.5, 0.6) is 11.5 Å². The van der Waals surface area contributed by atoms with E-state index in [1.165, 1.54) is 23.3 Å². The van der Waals surface area contributed by atoms with Gasteiger partial charge in [0.25, 0.3) is 0 Å². The Balaban J connectivity index is 1.51. The van der Waals surface area contributed by atoms with Gasteiger partial charge in [-0.25, -0.2) is 8.42 Å². The molecule has 2 aromatic rings. The van der Waals surface area contributed by atoms with E-state index in [-0.39, 0.29) is 16.7 Å². The lowest BCUT2D eigenvalue weighted by Gasteiger charge is -2.23. The van der Waals surface area contributed by atoms with Crippen molar-refractivity contribution < 1.29 is 22.7 Å². The molecule has 1 heterocycles. The number of hydrogen-bond donors (Lipinski definition) is 2. The second kappa shape index (κ2) is 8.28. The molecule has 1 aliphatic heterocycles. The monoisotopic (exact) mass is 430 g/mol. The third-order valence-corrected chi connectivity index (χ3v) is 6.86. The number of carbonyl (C=O) groups is 1. The van der Waals surface area contributed by atoms with Crippen LogP contribution in [0.2, 0.25) is 0 Å². The number of aryl methyl sites for hydroxylation is 2. The van der Waals surface area contributed by atoms with Gasteiger partial charge in [-0.2, -0.15) is 4.72 Å². The Morgan fingerprint density at radius 1 is 0.967 bits per heavy atom. The summed E-state index contributed by atoms with van der Waals surface area (Å²) in [5.74, 6) is 0.262. The quantitative estimate of drug-likeness (QED) is 0.735. The van der Waals surface area contributed by atoms with E-state index in [9.17, 15) is 13.2 Å². The Hall–Kier alpha value is -2.58. The number of hydrogen-bond acceptors (Lipinski definition) is 5. The summed E-state index contributed by atoms with van der Waals surface area (Å²) < 4.78 is 39.4.